The Balaban J connectivity index is 1.44. The summed E-state index contributed by atoms with van der Waals surface area (Å²) in [6.45, 7) is 3.03. The zero-order chi connectivity index (χ0) is 26.4. The Kier molecular flexibility index (Phi) is 8.13. The van der Waals surface area contributed by atoms with E-state index >= 15 is 0 Å². The van der Waals surface area contributed by atoms with Crippen LogP contribution < -0.4 is 14.4 Å². The number of carbonyl (C=O) groups excluding carboxylic acids is 2. The lowest BCUT2D eigenvalue weighted by atomic mass is 10.1. The van der Waals surface area contributed by atoms with Gasteiger partial charge in [-0.2, -0.15) is 0 Å². The van der Waals surface area contributed by atoms with Gasteiger partial charge < -0.3 is 15.0 Å². The first-order valence-corrected chi connectivity index (χ1v) is 13.6. The number of hydrogen-bond acceptors (Lipinski definition) is 5. The Morgan fingerprint density at radius 1 is 1.03 bits per heavy atom. The first-order valence-electron chi connectivity index (χ1n) is 12.1. The highest BCUT2D eigenvalue weighted by molar-refractivity contribution is 7.92. The number of likely N-dealkylation sites (tertiary alicyclic amines) is 1. The van der Waals surface area contributed by atoms with Gasteiger partial charge in [0.25, 0.3) is 10.0 Å². The molecule has 0 radical (unpaired) electrons. The predicted molar refractivity (Wildman–Crippen MR) is 142 cm³/mol. The van der Waals surface area contributed by atoms with Gasteiger partial charge in [0, 0.05) is 26.1 Å². The van der Waals surface area contributed by atoms with Crippen molar-refractivity contribution in [3.05, 3.63) is 89.5 Å². The molecule has 3 aromatic rings. The number of methoxy groups -OCH3 is 1. The second-order valence-electron chi connectivity index (χ2n) is 8.99. The third kappa shape index (κ3) is 6.29. The molecular formula is C28H31N3O5S. The second kappa shape index (κ2) is 11.5. The average Bonchev–Trinajstić information content (AvgIpc) is 3.31. The molecule has 4 rings (SSSR count). The molecule has 0 atom stereocenters. The summed E-state index contributed by atoms with van der Waals surface area (Å²) in [6, 6.07) is 20.9. The van der Waals surface area contributed by atoms with Crippen LogP contribution in [0.5, 0.6) is 5.75 Å². The highest BCUT2D eigenvalue weighted by Gasteiger charge is 2.27. The molecule has 3 aromatic carbocycles. The Labute approximate surface area is 217 Å². The summed E-state index contributed by atoms with van der Waals surface area (Å²) in [5, 5.41) is 2.82. The number of benzene rings is 3. The topological polar surface area (TPSA) is 96.0 Å². The van der Waals surface area contributed by atoms with Crippen LogP contribution in [0.3, 0.4) is 0 Å². The number of carbonyl (C=O) groups is 2. The lowest BCUT2D eigenvalue weighted by Gasteiger charge is -2.24. The minimum absolute atomic E-state index is 0.0783. The Morgan fingerprint density at radius 3 is 2.35 bits per heavy atom. The molecule has 0 aromatic heterocycles. The number of amides is 2. The summed E-state index contributed by atoms with van der Waals surface area (Å²) < 4.78 is 33.5. The summed E-state index contributed by atoms with van der Waals surface area (Å²) in [6.07, 6.45) is 1.51. The van der Waals surface area contributed by atoms with Crippen molar-refractivity contribution in [1.82, 2.24) is 10.2 Å². The molecule has 2 amide bonds. The molecule has 9 heteroatoms. The van der Waals surface area contributed by atoms with Crippen molar-refractivity contribution in [2.24, 2.45) is 0 Å². The molecule has 0 spiro atoms. The van der Waals surface area contributed by atoms with Crippen LogP contribution in [0.1, 0.15) is 29.5 Å². The highest BCUT2D eigenvalue weighted by Crippen LogP contribution is 2.27. The smallest absolute Gasteiger partial charge is 0.264 e. The molecule has 8 nitrogen and oxygen atoms in total. The molecule has 1 N–H and O–H groups in total. The number of rotatable bonds is 10. The van der Waals surface area contributed by atoms with Crippen molar-refractivity contribution in [3.63, 3.8) is 0 Å². The lowest BCUT2D eigenvalue weighted by molar-refractivity contribution is -0.128. The van der Waals surface area contributed by atoms with Gasteiger partial charge in [-0.1, -0.05) is 42.5 Å². The van der Waals surface area contributed by atoms with Gasteiger partial charge in [-0.05, 0) is 60.4 Å². The molecule has 37 heavy (non-hydrogen) atoms. The number of hydrogen-bond donors (Lipinski definition) is 1. The number of sulfonamides is 1. The zero-order valence-electron chi connectivity index (χ0n) is 21.0. The van der Waals surface area contributed by atoms with Crippen LogP contribution in [0.15, 0.2) is 77.7 Å². The van der Waals surface area contributed by atoms with Crippen LogP contribution in [0.4, 0.5) is 5.69 Å². The second-order valence-corrected chi connectivity index (χ2v) is 10.9. The van der Waals surface area contributed by atoms with Gasteiger partial charge in [0.2, 0.25) is 11.8 Å². The van der Waals surface area contributed by atoms with Gasteiger partial charge in [-0.15, -0.1) is 0 Å². The first-order chi connectivity index (χ1) is 17.8. The number of nitrogens with zero attached hydrogens (tertiary/aromatic N) is 2. The molecule has 1 heterocycles. The molecule has 0 unspecified atom stereocenters. The van der Waals surface area contributed by atoms with Gasteiger partial charge in [0.1, 0.15) is 12.3 Å². The fraction of sp³-hybridized carbons (Fsp3) is 0.286. The van der Waals surface area contributed by atoms with Gasteiger partial charge >= 0.3 is 0 Å². The number of aryl methyl sites for hydroxylation is 1. The van der Waals surface area contributed by atoms with Crippen molar-refractivity contribution < 1.29 is 22.7 Å². The molecule has 0 aliphatic carbocycles. The van der Waals surface area contributed by atoms with E-state index in [0.29, 0.717) is 30.0 Å². The van der Waals surface area contributed by atoms with Gasteiger partial charge in [0.05, 0.1) is 17.7 Å². The zero-order valence-corrected chi connectivity index (χ0v) is 21.8. The molecule has 1 fully saturated rings. The van der Waals surface area contributed by atoms with Crippen LogP contribution in [0.2, 0.25) is 0 Å². The molecule has 0 bridgehead atoms. The number of anilines is 1. The minimum Gasteiger partial charge on any atom is -0.496 e. The summed E-state index contributed by atoms with van der Waals surface area (Å²) in [5.74, 6) is 0.337. The van der Waals surface area contributed by atoms with Crippen LogP contribution in [0.25, 0.3) is 0 Å². The van der Waals surface area contributed by atoms with Crippen LogP contribution in [0, 0.1) is 6.92 Å². The first kappa shape index (κ1) is 26.2. The summed E-state index contributed by atoms with van der Waals surface area (Å²) in [5.41, 5.74) is 2.98. The highest BCUT2D eigenvalue weighted by atomic mass is 32.2. The fourth-order valence-electron chi connectivity index (χ4n) is 4.29. The number of ether oxygens (including phenoxy) is 1. The van der Waals surface area contributed by atoms with Crippen molar-refractivity contribution >= 4 is 27.5 Å². The monoisotopic (exact) mass is 521 g/mol. The largest absolute Gasteiger partial charge is 0.496 e. The Hall–Kier alpha value is -3.85. The van der Waals surface area contributed by atoms with E-state index in [4.69, 9.17) is 4.74 Å². The van der Waals surface area contributed by atoms with E-state index in [2.05, 4.69) is 5.32 Å². The fourth-order valence-corrected chi connectivity index (χ4v) is 5.80. The van der Waals surface area contributed by atoms with Crippen LogP contribution >= 0.6 is 0 Å². The van der Waals surface area contributed by atoms with E-state index in [1.54, 1.807) is 49.4 Å². The van der Waals surface area contributed by atoms with Gasteiger partial charge in [-0.25, -0.2) is 8.42 Å². The molecule has 1 saturated heterocycles. The maximum atomic E-state index is 13.6. The van der Waals surface area contributed by atoms with E-state index in [-0.39, 0.29) is 23.9 Å². The molecule has 1 aliphatic heterocycles. The molecule has 1 aliphatic rings. The van der Waals surface area contributed by atoms with Crippen LogP contribution in [-0.4, -0.2) is 45.3 Å². The number of nitrogens with one attached hydrogen (secondary N) is 1. The van der Waals surface area contributed by atoms with Crippen molar-refractivity contribution in [2.45, 2.75) is 37.8 Å². The van der Waals surface area contributed by atoms with Crippen LogP contribution in [-0.2, 0) is 32.7 Å². The number of para-hydroxylation sites is 1. The normalized spacial score (nSPS) is 13.5. The van der Waals surface area contributed by atoms with E-state index in [0.717, 1.165) is 28.4 Å². The van der Waals surface area contributed by atoms with E-state index < -0.39 is 15.9 Å². The standard InChI is InChI=1S/C28H31N3O5S/c1-21-17-25(14-15-26(21)36-2)37(34,35)31(24-7-4-3-5-8-24)20-27(32)29-18-22-10-12-23(13-11-22)19-30-16-6-9-28(30)33/h3-5,7-8,10-15,17H,6,9,16,18-20H2,1-2H3,(H,29,32). The minimum atomic E-state index is -4.02. The molecule has 194 valence electrons. The summed E-state index contributed by atoms with van der Waals surface area (Å²) >= 11 is 0. The maximum absolute atomic E-state index is 13.6. The van der Waals surface area contributed by atoms with Crippen molar-refractivity contribution in [1.29, 1.82) is 0 Å². The summed E-state index contributed by atoms with van der Waals surface area (Å²) in [4.78, 5) is 26.7. The van der Waals surface area contributed by atoms with Gasteiger partial charge in [-0.3, -0.25) is 13.9 Å². The van der Waals surface area contributed by atoms with E-state index in [9.17, 15) is 18.0 Å². The lowest BCUT2D eigenvalue weighted by Crippen LogP contribution is -2.40. The predicted octanol–water partition coefficient (Wildman–Crippen LogP) is 3.64. The Bertz CT molecular complexity index is 1360. The molecular weight excluding hydrogens is 490 g/mol. The SMILES string of the molecule is COc1ccc(S(=O)(=O)N(CC(=O)NCc2ccc(CN3CCCC3=O)cc2)c2ccccc2)cc1C. The quantitative estimate of drug-likeness (QED) is 0.440. The third-order valence-electron chi connectivity index (χ3n) is 6.34. The van der Waals surface area contributed by atoms with E-state index in [1.165, 1.54) is 13.2 Å². The average molecular weight is 522 g/mol. The van der Waals surface area contributed by atoms with Crippen molar-refractivity contribution in [3.8, 4) is 5.75 Å². The van der Waals surface area contributed by atoms with E-state index in [1.807, 2.05) is 29.2 Å². The maximum Gasteiger partial charge on any atom is 0.264 e. The summed E-state index contributed by atoms with van der Waals surface area (Å²) in [7, 11) is -2.49. The third-order valence-corrected chi connectivity index (χ3v) is 8.11. The van der Waals surface area contributed by atoms with Crippen molar-refractivity contribution in [2.75, 3.05) is 24.5 Å². The Morgan fingerprint density at radius 2 is 1.73 bits per heavy atom. The molecule has 0 saturated carbocycles. The van der Waals surface area contributed by atoms with Gasteiger partial charge in [0.15, 0.2) is 0 Å².